The van der Waals surface area contributed by atoms with E-state index in [9.17, 15) is 19.5 Å². The fourth-order valence-electron chi connectivity index (χ4n) is 0.774. The van der Waals surface area contributed by atoms with Crippen LogP contribution in [-0.2, 0) is 27.0 Å². The van der Waals surface area contributed by atoms with Gasteiger partial charge in [-0.25, -0.2) is 0 Å². The maximum atomic E-state index is 11.1. The Morgan fingerprint density at radius 3 is 2.00 bits per heavy atom. The van der Waals surface area contributed by atoms with Crippen LogP contribution in [0.3, 0.4) is 0 Å². The Morgan fingerprint density at radius 2 is 1.80 bits per heavy atom. The fraction of sp³-hybridized carbons (Fsp3) is 0.375. The number of carboxylic acids is 1. The Morgan fingerprint density at radius 1 is 1.40 bits per heavy atom. The zero-order chi connectivity index (χ0) is 10.6. The zero-order valence-corrected chi connectivity index (χ0v) is 13.8. The number of allylic oxidation sites excluding steroid dienone is 1. The van der Waals surface area contributed by atoms with Crippen molar-refractivity contribution in [3.05, 3.63) is 12.7 Å². The van der Waals surface area contributed by atoms with Gasteiger partial charge in [0.05, 0.1) is 5.41 Å². The number of hydrogen-bond acceptors (Lipinski definition) is 5. The minimum atomic E-state index is -1.71. The molecule has 15 heavy (non-hydrogen) atoms. The molecule has 0 heterocycles. The molecule has 0 radical (unpaired) electrons. The van der Waals surface area contributed by atoms with E-state index in [0.29, 0.717) is 0 Å². The molecule has 0 aromatic rings. The number of ketones is 1. The first kappa shape index (κ1) is 21.1. The van der Waals surface area contributed by atoms with Gasteiger partial charge in [-0.15, -0.1) is 0 Å². The molecular weight excluding hydrogens is 238 g/mol. The topological polar surface area (TPSA) is 74.3 Å². The largest absolute Gasteiger partial charge is 1.00 e. The van der Waals surface area contributed by atoms with E-state index < -0.39 is 28.7 Å². The maximum Gasteiger partial charge on any atom is 1.00 e. The van der Waals surface area contributed by atoms with Crippen molar-refractivity contribution in [1.29, 1.82) is 0 Å². The smallest absolute Gasteiger partial charge is 0.741 e. The second-order valence-corrected chi connectivity index (χ2v) is 3.11. The second kappa shape index (κ2) is 8.87. The van der Waals surface area contributed by atoms with E-state index in [4.69, 9.17) is 0 Å². The molecule has 0 amide bonds. The standard InChI is InChI=1S/C8H10O4S.2Na/c1-3-5(9)8(2,7(12)13)4-6(10)11;;/h3H,1,4H2,2H3,(H,10,11)(H,12,13);;/q;2*+1/p-2. The van der Waals surface area contributed by atoms with Gasteiger partial charge in [-0.2, -0.15) is 0 Å². The van der Waals surface area contributed by atoms with Crippen LogP contribution in [0.25, 0.3) is 0 Å². The van der Waals surface area contributed by atoms with E-state index in [1.54, 1.807) is 0 Å². The summed E-state index contributed by atoms with van der Waals surface area (Å²) in [4.78, 5) is 32.2. The Balaban J connectivity index is -0.000000720. The summed E-state index contributed by atoms with van der Waals surface area (Å²) in [6.45, 7) is 4.32. The van der Waals surface area contributed by atoms with Crippen LogP contribution in [0.15, 0.2) is 12.7 Å². The van der Waals surface area contributed by atoms with Crippen molar-refractivity contribution in [1.82, 2.24) is 0 Å². The molecule has 0 saturated carbocycles. The molecule has 72 valence electrons. The molecule has 0 bridgehead atoms. The SMILES string of the molecule is C=CC(=O)C(C)(CC(=O)[O-])C(=O)[S-].[Na+].[Na+]. The summed E-state index contributed by atoms with van der Waals surface area (Å²) in [6, 6.07) is 0. The number of carboxylic acid groups (broad SMARTS) is 1. The first-order valence-corrected chi connectivity index (χ1v) is 3.83. The van der Waals surface area contributed by atoms with Gasteiger partial charge in [0.15, 0.2) is 5.78 Å². The van der Waals surface area contributed by atoms with Crippen LogP contribution in [0.2, 0.25) is 0 Å². The van der Waals surface area contributed by atoms with Gasteiger partial charge in [0.1, 0.15) is 0 Å². The summed E-state index contributed by atoms with van der Waals surface area (Å²) in [7, 11) is 0. The molecule has 0 N–H and O–H groups in total. The van der Waals surface area contributed by atoms with Crippen molar-refractivity contribution >= 4 is 29.5 Å². The molecular formula is C8H8Na2O4S. The number of carbonyl (C=O) groups is 3. The first-order chi connectivity index (χ1) is 5.84. The van der Waals surface area contributed by atoms with Crippen molar-refractivity contribution in [3.63, 3.8) is 0 Å². The summed E-state index contributed by atoms with van der Waals surface area (Å²) in [5, 5.41) is 9.33. The number of hydrogen-bond donors (Lipinski definition) is 0. The van der Waals surface area contributed by atoms with E-state index in [1.807, 2.05) is 0 Å². The van der Waals surface area contributed by atoms with E-state index >= 15 is 0 Å². The van der Waals surface area contributed by atoms with Gasteiger partial charge in [0.25, 0.3) is 0 Å². The van der Waals surface area contributed by atoms with Crippen molar-refractivity contribution in [2.45, 2.75) is 13.3 Å². The predicted octanol–water partition coefficient (Wildman–Crippen LogP) is -7.03. The molecule has 0 fully saturated rings. The van der Waals surface area contributed by atoms with Crippen LogP contribution < -0.4 is 64.2 Å². The molecule has 4 nitrogen and oxygen atoms in total. The molecule has 0 aromatic carbocycles. The molecule has 0 saturated heterocycles. The quantitative estimate of drug-likeness (QED) is 0.208. The van der Waals surface area contributed by atoms with Crippen molar-refractivity contribution < 1.29 is 78.6 Å². The summed E-state index contributed by atoms with van der Waals surface area (Å²) in [6.07, 6.45) is 0.174. The summed E-state index contributed by atoms with van der Waals surface area (Å²) in [5.41, 5.74) is -1.71. The van der Waals surface area contributed by atoms with Crippen LogP contribution in [0.1, 0.15) is 13.3 Å². The van der Waals surface area contributed by atoms with Gasteiger partial charge >= 0.3 is 59.1 Å². The normalized spacial score (nSPS) is 12.3. The number of aliphatic carboxylic acids is 1. The first-order valence-electron chi connectivity index (χ1n) is 3.42. The number of rotatable bonds is 5. The van der Waals surface area contributed by atoms with Gasteiger partial charge in [-0.3, -0.25) is 4.79 Å². The summed E-state index contributed by atoms with van der Waals surface area (Å²) >= 11 is 4.28. The Hall–Kier alpha value is 0.770. The summed E-state index contributed by atoms with van der Waals surface area (Å²) in [5.74, 6) is -2.19. The minimum absolute atomic E-state index is 0. The maximum absolute atomic E-state index is 11.1. The van der Waals surface area contributed by atoms with Crippen LogP contribution in [-0.4, -0.2) is 16.9 Å². The zero-order valence-electron chi connectivity index (χ0n) is 9.03. The van der Waals surface area contributed by atoms with E-state index in [-0.39, 0.29) is 59.1 Å². The van der Waals surface area contributed by atoms with Gasteiger partial charge < -0.3 is 27.3 Å². The molecule has 0 rings (SSSR count). The molecule has 1 unspecified atom stereocenters. The van der Waals surface area contributed by atoms with E-state index in [0.717, 1.165) is 6.08 Å². The van der Waals surface area contributed by atoms with Crippen molar-refractivity contribution in [3.8, 4) is 0 Å². The van der Waals surface area contributed by atoms with Crippen LogP contribution in [0, 0.1) is 5.41 Å². The third-order valence-electron chi connectivity index (χ3n) is 1.68. The van der Waals surface area contributed by atoms with Gasteiger partial charge in [0.2, 0.25) is 0 Å². The van der Waals surface area contributed by atoms with Crippen molar-refractivity contribution in [2.24, 2.45) is 5.41 Å². The van der Waals surface area contributed by atoms with Crippen LogP contribution in [0.5, 0.6) is 0 Å². The predicted molar refractivity (Wildman–Crippen MR) is 45.3 cm³/mol. The van der Waals surface area contributed by atoms with Crippen molar-refractivity contribution in [2.75, 3.05) is 0 Å². The van der Waals surface area contributed by atoms with Gasteiger partial charge in [0, 0.05) is 17.5 Å². The van der Waals surface area contributed by atoms with E-state index in [2.05, 4.69) is 19.2 Å². The summed E-state index contributed by atoms with van der Waals surface area (Å²) < 4.78 is 0. The minimum Gasteiger partial charge on any atom is -0.741 e. The Kier molecular flexibility index (Phi) is 12.5. The second-order valence-electron chi connectivity index (χ2n) is 2.74. The molecule has 0 aliphatic rings. The fourth-order valence-corrected chi connectivity index (χ4v) is 0.947. The monoisotopic (exact) mass is 246 g/mol. The number of carbonyl (C=O) groups excluding carboxylic acids is 3. The third kappa shape index (κ3) is 6.16. The average Bonchev–Trinajstić information content (AvgIpc) is 2.01. The molecule has 7 heteroatoms. The molecule has 0 spiro atoms. The molecule has 0 aromatic heterocycles. The molecule has 0 aliphatic heterocycles. The third-order valence-corrected chi connectivity index (χ3v) is 2.13. The molecule has 1 atom stereocenters. The average molecular weight is 246 g/mol. The van der Waals surface area contributed by atoms with Gasteiger partial charge in [-0.1, -0.05) is 6.58 Å². The van der Waals surface area contributed by atoms with Crippen LogP contribution in [0.4, 0.5) is 0 Å². The Labute approximate surface area is 138 Å². The van der Waals surface area contributed by atoms with Gasteiger partial charge in [-0.05, 0) is 13.0 Å². The Bertz CT molecular complexity index is 280. The van der Waals surface area contributed by atoms with E-state index in [1.165, 1.54) is 6.92 Å². The molecule has 0 aliphatic carbocycles. The van der Waals surface area contributed by atoms with Crippen LogP contribution >= 0.6 is 0 Å².